The molecule has 1 unspecified atom stereocenters. The summed E-state index contributed by atoms with van der Waals surface area (Å²) in [7, 11) is 0. The minimum atomic E-state index is -0.718. The summed E-state index contributed by atoms with van der Waals surface area (Å²) in [5.41, 5.74) is -0.503. The van der Waals surface area contributed by atoms with Crippen molar-refractivity contribution in [3.63, 3.8) is 0 Å². The van der Waals surface area contributed by atoms with E-state index in [1.54, 1.807) is 0 Å². The van der Waals surface area contributed by atoms with E-state index in [1.165, 1.54) is 6.07 Å². The maximum absolute atomic E-state index is 13.3. The molecule has 0 spiro atoms. The Labute approximate surface area is 106 Å². The highest BCUT2D eigenvalue weighted by Gasteiger charge is 2.22. The summed E-state index contributed by atoms with van der Waals surface area (Å²) in [5, 5.41) is 12.4. The summed E-state index contributed by atoms with van der Waals surface area (Å²) in [6, 6.07) is 3.58. The molecule has 0 saturated carbocycles. The van der Waals surface area contributed by atoms with Gasteiger partial charge in [0.2, 0.25) is 0 Å². The van der Waals surface area contributed by atoms with Crippen molar-refractivity contribution in [1.82, 2.24) is 5.32 Å². The van der Waals surface area contributed by atoms with E-state index in [4.69, 9.17) is 4.74 Å². The highest BCUT2D eigenvalue weighted by Crippen LogP contribution is 2.21. The van der Waals surface area contributed by atoms with E-state index in [1.807, 2.05) is 13.8 Å². The molecule has 3 nitrogen and oxygen atoms in total. The zero-order valence-corrected chi connectivity index (χ0v) is 10.7. The van der Waals surface area contributed by atoms with Crippen LogP contribution in [0.4, 0.5) is 8.78 Å². The Balaban J connectivity index is 2.55. The predicted molar refractivity (Wildman–Crippen MR) is 65.6 cm³/mol. The van der Waals surface area contributed by atoms with Crippen LogP contribution in [0, 0.1) is 11.6 Å². The summed E-state index contributed by atoms with van der Waals surface area (Å²) in [5.74, 6) is -1.80. The Morgan fingerprint density at radius 1 is 1.33 bits per heavy atom. The highest BCUT2D eigenvalue weighted by molar-refractivity contribution is 5.25. The number of hydrogen-bond acceptors (Lipinski definition) is 3. The molecule has 0 heterocycles. The van der Waals surface area contributed by atoms with Gasteiger partial charge in [-0.15, -0.1) is 0 Å². The third-order valence-electron chi connectivity index (χ3n) is 2.77. The normalized spacial score (nSPS) is 14.3. The van der Waals surface area contributed by atoms with Gasteiger partial charge in [0, 0.05) is 12.0 Å². The fourth-order valence-electron chi connectivity index (χ4n) is 1.65. The second kappa shape index (κ2) is 6.66. The number of hydrogen-bond donors (Lipinski definition) is 2. The van der Waals surface area contributed by atoms with Gasteiger partial charge in [-0.25, -0.2) is 8.78 Å². The molecule has 0 amide bonds. The summed E-state index contributed by atoms with van der Waals surface area (Å²) in [6.45, 7) is 4.51. The molecule has 102 valence electrons. The minimum absolute atomic E-state index is 0.0655. The third-order valence-corrected chi connectivity index (χ3v) is 2.77. The monoisotopic (exact) mass is 259 g/mol. The number of para-hydroxylation sites is 1. The predicted octanol–water partition coefficient (Wildman–Crippen LogP) is 2.09. The van der Waals surface area contributed by atoms with E-state index in [0.29, 0.717) is 13.0 Å². The Hall–Kier alpha value is -1.20. The molecule has 0 aliphatic rings. The van der Waals surface area contributed by atoms with Crippen molar-refractivity contribution in [3.05, 3.63) is 29.8 Å². The SMILES string of the molecule is CCNC(C)(CO)CCOc1c(F)cccc1F. The molecule has 0 aliphatic carbocycles. The average Bonchev–Trinajstić information content (AvgIpc) is 2.33. The summed E-state index contributed by atoms with van der Waals surface area (Å²) < 4.78 is 31.7. The van der Waals surface area contributed by atoms with Crippen LogP contribution < -0.4 is 10.1 Å². The number of aliphatic hydroxyl groups is 1. The Kier molecular flexibility index (Phi) is 5.50. The molecule has 0 bridgehead atoms. The van der Waals surface area contributed by atoms with Gasteiger partial charge < -0.3 is 15.2 Å². The molecular formula is C13H19F2NO2. The van der Waals surface area contributed by atoms with Crippen LogP contribution >= 0.6 is 0 Å². The van der Waals surface area contributed by atoms with Crippen molar-refractivity contribution in [1.29, 1.82) is 0 Å². The van der Waals surface area contributed by atoms with Crippen molar-refractivity contribution >= 4 is 0 Å². The number of halogens is 2. The molecule has 1 aromatic rings. The summed E-state index contributed by atoms with van der Waals surface area (Å²) in [4.78, 5) is 0. The molecule has 0 saturated heterocycles. The number of likely N-dealkylation sites (N-methyl/N-ethyl adjacent to an activating group) is 1. The fraction of sp³-hybridized carbons (Fsp3) is 0.538. The van der Waals surface area contributed by atoms with Crippen molar-refractivity contribution in [2.24, 2.45) is 0 Å². The lowest BCUT2D eigenvalue weighted by molar-refractivity contribution is 0.143. The van der Waals surface area contributed by atoms with Crippen LogP contribution in [0.3, 0.4) is 0 Å². The van der Waals surface area contributed by atoms with Gasteiger partial charge in [0.05, 0.1) is 13.2 Å². The standard InChI is InChI=1S/C13H19F2NO2/c1-3-16-13(2,9-17)7-8-18-12-10(14)5-4-6-11(12)15/h4-6,16-17H,3,7-9H2,1-2H3. The largest absolute Gasteiger partial charge is 0.488 e. The lowest BCUT2D eigenvalue weighted by atomic mass is 10.00. The highest BCUT2D eigenvalue weighted by atomic mass is 19.1. The second-order valence-electron chi connectivity index (χ2n) is 4.40. The van der Waals surface area contributed by atoms with Crippen molar-refractivity contribution in [2.45, 2.75) is 25.8 Å². The Bertz CT molecular complexity index is 367. The molecule has 0 aromatic heterocycles. The molecule has 5 heteroatoms. The van der Waals surface area contributed by atoms with Crippen LogP contribution in [-0.2, 0) is 0 Å². The van der Waals surface area contributed by atoms with Gasteiger partial charge in [-0.1, -0.05) is 13.0 Å². The number of nitrogens with one attached hydrogen (secondary N) is 1. The van der Waals surface area contributed by atoms with E-state index in [2.05, 4.69) is 5.32 Å². The molecule has 0 fully saturated rings. The van der Waals surface area contributed by atoms with Crippen LogP contribution in [0.1, 0.15) is 20.3 Å². The quantitative estimate of drug-likeness (QED) is 0.788. The third kappa shape index (κ3) is 3.92. The maximum Gasteiger partial charge on any atom is 0.190 e. The van der Waals surface area contributed by atoms with E-state index in [0.717, 1.165) is 12.1 Å². The van der Waals surface area contributed by atoms with Crippen molar-refractivity contribution < 1.29 is 18.6 Å². The number of ether oxygens (including phenoxy) is 1. The topological polar surface area (TPSA) is 41.5 Å². The minimum Gasteiger partial charge on any atom is -0.488 e. The van der Waals surface area contributed by atoms with E-state index < -0.39 is 17.2 Å². The molecule has 0 aliphatic heterocycles. The summed E-state index contributed by atoms with van der Waals surface area (Å²) in [6.07, 6.45) is 0.450. The molecule has 18 heavy (non-hydrogen) atoms. The van der Waals surface area contributed by atoms with Crippen LogP contribution in [0.25, 0.3) is 0 Å². The van der Waals surface area contributed by atoms with Crippen molar-refractivity contribution in [2.75, 3.05) is 19.8 Å². The van der Waals surface area contributed by atoms with Gasteiger partial charge in [-0.2, -0.15) is 0 Å². The van der Waals surface area contributed by atoms with Gasteiger partial charge in [0.25, 0.3) is 0 Å². The molecule has 2 N–H and O–H groups in total. The molecule has 1 rings (SSSR count). The average molecular weight is 259 g/mol. The first-order chi connectivity index (χ1) is 8.52. The first kappa shape index (κ1) is 14.9. The van der Waals surface area contributed by atoms with Crippen molar-refractivity contribution in [3.8, 4) is 5.75 Å². The van der Waals surface area contributed by atoms with E-state index in [9.17, 15) is 13.9 Å². The van der Waals surface area contributed by atoms with E-state index in [-0.39, 0.29) is 19.0 Å². The smallest absolute Gasteiger partial charge is 0.190 e. The zero-order valence-electron chi connectivity index (χ0n) is 10.7. The van der Waals surface area contributed by atoms with Crippen LogP contribution in [-0.4, -0.2) is 30.4 Å². The van der Waals surface area contributed by atoms with Gasteiger partial charge in [0.15, 0.2) is 17.4 Å². The maximum atomic E-state index is 13.3. The first-order valence-electron chi connectivity index (χ1n) is 5.95. The number of aliphatic hydroxyl groups excluding tert-OH is 1. The van der Waals surface area contributed by atoms with Crippen LogP contribution in [0.2, 0.25) is 0 Å². The first-order valence-corrected chi connectivity index (χ1v) is 5.95. The van der Waals surface area contributed by atoms with Crippen LogP contribution in [0.5, 0.6) is 5.75 Å². The van der Waals surface area contributed by atoms with Gasteiger partial charge >= 0.3 is 0 Å². The van der Waals surface area contributed by atoms with Gasteiger partial charge in [-0.3, -0.25) is 0 Å². The zero-order chi connectivity index (χ0) is 13.6. The van der Waals surface area contributed by atoms with Crippen LogP contribution in [0.15, 0.2) is 18.2 Å². The molecule has 1 aromatic carbocycles. The van der Waals surface area contributed by atoms with Gasteiger partial charge in [0.1, 0.15) is 0 Å². The number of rotatable bonds is 7. The van der Waals surface area contributed by atoms with Gasteiger partial charge in [-0.05, 0) is 25.6 Å². The fourth-order valence-corrected chi connectivity index (χ4v) is 1.65. The molecule has 1 atom stereocenters. The number of benzene rings is 1. The summed E-state index contributed by atoms with van der Waals surface area (Å²) >= 11 is 0. The van der Waals surface area contributed by atoms with E-state index >= 15 is 0 Å². The Morgan fingerprint density at radius 3 is 2.44 bits per heavy atom. The molecule has 0 radical (unpaired) electrons. The second-order valence-corrected chi connectivity index (χ2v) is 4.40. The lowest BCUT2D eigenvalue weighted by Crippen LogP contribution is -2.46. The molecular weight excluding hydrogens is 240 g/mol. The lowest BCUT2D eigenvalue weighted by Gasteiger charge is -2.28. The Morgan fingerprint density at radius 2 is 1.94 bits per heavy atom.